The van der Waals surface area contributed by atoms with Crippen LogP contribution in [0.3, 0.4) is 0 Å². The fourth-order valence-corrected chi connectivity index (χ4v) is 4.59. The van der Waals surface area contributed by atoms with Gasteiger partial charge in [0.05, 0.1) is 13.2 Å². The maximum absolute atomic E-state index is 12.2. The lowest BCUT2D eigenvalue weighted by Crippen LogP contribution is -2.13. The molecule has 0 fully saturated rings. The van der Waals surface area contributed by atoms with E-state index in [2.05, 4.69) is 6.92 Å². The summed E-state index contributed by atoms with van der Waals surface area (Å²) in [5, 5.41) is 9.98. The Bertz CT molecular complexity index is 254. The van der Waals surface area contributed by atoms with E-state index in [9.17, 15) is 9.67 Å². The van der Waals surface area contributed by atoms with Crippen molar-refractivity contribution in [3.8, 4) is 0 Å². The van der Waals surface area contributed by atoms with E-state index in [1.807, 2.05) is 0 Å². The van der Waals surface area contributed by atoms with Crippen LogP contribution in [0.4, 0.5) is 0 Å². The third-order valence-corrected chi connectivity index (χ3v) is 6.22. The molecule has 20 heavy (non-hydrogen) atoms. The van der Waals surface area contributed by atoms with Crippen molar-refractivity contribution in [1.82, 2.24) is 0 Å². The Morgan fingerprint density at radius 3 is 2.15 bits per heavy atom. The van der Waals surface area contributed by atoms with Gasteiger partial charge < -0.3 is 14.2 Å². The topological polar surface area (TPSA) is 55.8 Å². The first-order valence-corrected chi connectivity index (χ1v) is 10.5. The van der Waals surface area contributed by atoms with Crippen LogP contribution in [-0.4, -0.2) is 35.7 Å². The van der Waals surface area contributed by atoms with Gasteiger partial charge in [0, 0.05) is 0 Å². The fourth-order valence-electron chi connectivity index (χ4n) is 1.83. The normalized spacial score (nSPS) is 13.6. The summed E-state index contributed by atoms with van der Waals surface area (Å²) in [4.78, 5) is 0. The Hall–Kier alpha value is 0.460. The zero-order valence-electron chi connectivity index (χ0n) is 13.2. The van der Waals surface area contributed by atoms with Crippen LogP contribution in [0.25, 0.3) is 0 Å². The lowest BCUT2D eigenvalue weighted by molar-refractivity contribution is 0.147. The summed E-state index contributed by atoms with van der Waals surface area (Å²) < 4.78 is 22.5. The predicted octanol–water partition coefficient (Wildman–Crippen LogP) is 4.66. The average molecular weight is 326 g/mol. The van der Waals surface area contributed by atoms with Gasteiger partial charge in [0.1, 0.15) is 0 Å². The number of rotatable bonds is 14. The maximum Gasteiger partial charge on any atom is 0.358 e. The van der Waals surface area contributed by atoms with Gasteiger partial charge in [0.15, 0.2) is 5.85 Å². The van der Waals surface area contributed by atoms with Crippen LogP contribution in [-0.2, 0) is 13.6 Å². The van der Waals surface area contributed by atoms with Gasteiger partial charge in [0.25, 0.3) is 0 Å². The molecule has 1 unspecified atom stereocenters. The number of hydrogen-bond donors (Lipinski definition) is 1. The predicted molar refractivity (Wildman–Crippen MR) is 87.6 cm³/mol. The van der Waals surface area contributed by atoms with Crippen molar-refractivity contribution in [3.05, 3.63) is 0 Å². The highest BCUT2D eigenvalue weighted by atomic mass is 32.2. The Morgan fingerprint density at radius 2 is 1.60 bits per heavy atom. The summed E-state index contributed by atoms with van der Waals surface area (Å²) in [6.07, 6.45) is 6.84. The van der Waals surface area contributed by atoms with Gasteiger partial charge in [-0.3, -0.25) is 4.57 Å². The quantitative estimate of drug-likeness (QED) is 0.371. The molecule has 0 aliphatic carbocycles. The molecule has 1 atom stereocenters. The van der Waals surface area contributed by atoms with Crippen LogP contribution in [0.2, 0.25) is 0 Å². The minimum atomic E-state index is -3.34. The monoisotopic (exact) mass is 326 g/mol. The van der Waals surface area contributed by atoms with Crippen molar-refractivity contribution >= 4 is 19.4 Å². The van der Waals surface area contributed by atoms with Gasteiger partial charge in [-0.1, -0.05) is 32.6 Å². The molecule has 122 valence electrons. The van der Waals surface area contributed by atoms with E-state index < -0.39 is 13.4 Å². The molecule has 0 saturated heterocycles. The maximum atomic E-state index is 12.2. The van der Waals surface area contributed by atoms with Crippen LogP contribution >= 0.6 is 19.4 Å². The zero-order chi connectivity index (χ0) is 15.3. The number of thioether (sulfide) groups is 1. The molecule has 0 aliphatic rings. The van der Waals surface area contributed by atoms with E-state index in [1.165, 1.54) is 32.1 Å². The van der Waals surface area contributed by atoms with E-state index in [-0.39, 0.29) is 0 Å². The molecule has 4 nitrogen and oxygen atoms in total. The van der Waals surface area contributed by atoms with E-state index in [4.69, 9.17) is 9.05 Å². The minimum absolute atomic E-state index is 0.291. The Kier molecular flexibility index (Phi) is 13.4. The Morgan fingerprint density at radius 1 is 1.00 bits per heavy atom. The standard InChI is InChI=1S/C14H31O4PS/c1-4-7-8-9-10-12-20-13-11-14(15)19(16,17-5-2)18-6-3/h14-15H,4-13H2,1-3H3. The first-order chi connectivity index (χ1) is 9.60. The van der Waals surface area contributed by atoms with Crippen molar-refractivity contribution < 1.29 is 18.7 Å². The molecule has 0 radical (unpaired) electrons. The second-order valence-electron chi connectivity index (χ2n) is 4.67. The molecule has 1 N–H and O–H groups in total. The van der Waals surface area contributed by atoms with Crippen LogP contribution in [0.1, 0.15) is 59.3 Å². The van der Waals surface area contributed by atoms with E-state index in [0.29, 0.717) is 19.6 Å². The second-order valence-corrected chi connectivity index (χ2v) is 8.09. The van der Waals surface area contributed by atoms with Gasteiger partial charge in [-0.2, -0.15) is 11.8 Å². The smallest absolute Gasteiger partial charge is 0.358 e. The molecular weight excluding hydrogens is 295 g/mol. The molecule has 0 heterocycles. The molecule has 0 aliphatic heterocycles. The molecule has 0 aromatic rings. The lowest BCUT2D eigenvalue weighted by atomic mass is 10.2. The first kappa shape index (κ1) is 20.5. The molecule has 0 aromatic heterocycles. The van der Waals surface area contributed by atoms with Crippen LogP contribution in [0.15, 0.2) is 0 Å². The lowest BCUT2D eigenvalue weighted by Gasteiger charge is -2.22. The SMILES string of the molecule is CCCCCCCSCCC(O)P(=O)(OCC)OCC. The molecule has 0 bridgehead atoms. The number of aliphatic hydroxyl groups excluding tert-OH is 1. The highest BCUT2D eigenvalue weighted by Gasteiger charge is 2.33. The molecule has 0 saturated carbocycles. The first-order valence-electron chi connectivity index (χ1n) is 7.75. The summed E-state index contributed by atoms with van der Waals surface area (Å²) in [5.74, 6) is 0.887. The molecule has 6 heteroatoms. The van der Waals surface area contributed by atoms with Gasteiger partial charge in [-0.25, -0.2) is 0 Å². The Labute approximate surface area is 128 Å². The third-order valence-electron chi connectivity index (χ3n) is 2.90. The van der Waals surface area contributed by atoms with Crippen LogP contribution in [0.5, 0.6) is 0 Å². The second kappa shape index (κ2) is 13.1. The fraction of sp³-hybridized carbons (Fsp3) is 1.00. The summed E-state index contributed by atoms with van der Waals surface area (Å²) >= 11 is 1.80. The summed E-state index contributed by atoms with van der Waals surface area (Å²) in [6, 6.07) is 0. The number of hydrogen-bond acceptors (Lipinski definition) is 5. The molecular formula is C14H31O4PS. The zero-order valence-corrected chi connectivity index (χ0v) is 14.9. The summed E-state index contributed by atoms with van der Waals surface area (Å²) in [7, 11) is -3.34. The summed E-state index contributed by atoms with van der Waals surface area (Å²) in [6.45, 7) is 6.30. The highest BCUT2D eigenvalue weighted by Crippen LogP contribution is 2.53. The van der Waals surface area contributed by atoms with Crippen LogP contribution < -0.4 is 0 Å². The average Bonchev–Trinajstić information content (AvgIpc) is 2.42. The molecule has 0 spiro atoms. The van der Waals surface area contributed by atoms with E-state index >= 15 is 0 Å². The van der Waals surface area contributed by atoms with E-state index in [1.54, 1.807) is 25.6 Å². The highest BCUT2D eigenvalue weighted by molar-refractivity contribution is 7.99. The van der Waals surface area contributed by atoms with Gasteiger partial charge in [0.2, 0.25) is 0 Å². The van der Waals surface area contributed by atoms with Crippen molar-refractivity contribution in [2.24, 2.45) is 0 Å². The van der Waals surface area contributed by atoms with Gasteiger partial charge in [-0.15, -0.1) is 0 Å². The van der Waals surface area contributed by atoms with Crippen molar-refractivity contribution in [1.29, 1.82) is 0 Å². The Balaban J connectivity index is 3.74. The minimum Gasteiger partial charge on any atom is -0.380 e. The number of unbranched alkanes of at least 4 members (excludes halogenated alkanes) is 4. The van der Waals surface area contributed by atoms with Gasteiger partial charge in [-0.05, 0) is 38.2 Å². The summed E-state index contributed by atoms with van der Waals surface area (Å²) in [5.41, 5.74) is 0. The molecule has 0 aromatic carbocycles. The van der Waals surface area contributed by atoms with Crippen molar-refractivity contribution in [2.75, 3.05) is 24.7 Å². The van der Waals surface area contributed by atoms with E-state index in [0.717, 1.165) is 11.5 Å². The molecule has 0 rings (SSSR count). The van der Waals surface area contributed by atoms with Crippen molar-refractivity contribution in [3.63, 3.8) is 0 Å². The third kappa shape index (κ3) is 9.41. The number of aliphatic hydroxyl groups is 1. The largest absolute Gasteiger partial charge is 0.380 e. The van der Waals surface area contributed by atoms with Gasteiger partial charge >= 0.3 is 7.60 Å². The van der Waals surface area contributed by atoms with Crippen LogP contribution in [0, 0.1) is 0 Å². The molecule has 0 amide bonds. The van der Waals surface area contributed by atoms with Crippen molar-refractivity contribution in [2.45, 2.75) is 65.1 Å².